The quantitative estimate of drug-likeness (QED) is 0.830. The molecule has 2 rings (SSSR count). The molecule has 0 radical (unpaired) electrons. The number of benzene rings is 1. The molecule has 1 aliphatic heterocycles. The van der Waals surface area contributed by atoms with Gasteiger partial charge in [0.25, 0.3) is 0 Å². The summed E-state index contributed by atoms with van der Waals surface area (Å²) in [6.45, 7) is 2.91. The van der Waals surface area contributed by atoms with Gasteiger partial charge in [-0.25, -0.2) is 0 Å². The van der Waals surface area contributed by atoms with Crippen molar-refractivity contribution in [3.8, 4) is 11.5 Å². The fraction of sp³-hybridized carbons (Fsp3) is 0.417. The highest BCUT2D eigenvalue weighted by Crippen LogP contribution is 2.36. The Labute approximate surface area is 112 Å². The van der Waals surface area contributed by atoms with Gasteiger partial charge in [-0.1, -0.05) is 0 Å². The van der Waals surface area contributed by atoms with Crippen LogP contribution < -0.4 is 9.47 Å². The molecule has 0 saturated carbocycles. The maximum Gasteiger partial charge on any atom is 0.161 e. The smallest absolute Gasteiger partial charge is 0.161 e. The molecule has 0 spiro atoms. The van der Waals surface area contributed by atoms with Crippen molar-refractivity contribution in [1.29, 1.82) is 0 Å². The summed E-state index contributed by atoms with van der Waals surface area (Å²) in [5.41, 5.74) is 2.22. The van der Waals surface area contributed by atoms with E-state index < -0.39 is 0 Å². The van der Waals surface area contributed by atoms with Crippen molar-refractivity contribution in [2.75, 3.05) is 26.5 Å². The van der Waals surface area contributed by atoms with E-state index in [4.69, 9.17) is 9.47 Å². The van der Waals surface area contributed by atoms with Gasteiger partial charge in [0.2, 0.25) is 0 Å². The number of thioether (sulfide) groups is 1. The topological polar surface area (TPSA) is 30.8 Å². The number of methoxy groups -OCH3 is 2. The van der Waals surface area contributed by atoms with E-state index in [9.17, 15) is 0 Å². The second-order valence-electron chi connectivity index (χ2n) is 3.52. The van der Waals surface area contributed by atoms with Crippen molar-refractivity contribution in [1.82, 2.24) is 0 Å². The van der Waals surface area contributed by atoms with Crippen LogP contribution in [0, 0.1) is 0 Å². The highest BCUT2D eigenvalue weighted by Gasteiger charge is 2.15. The fourth-order valence-electron chi connectivity index (χ4n) is 1.72. The molecule has 1 aliphatic rings. The molecule has 1 aromatic carbocycles. The molecule has 0 bridgehead atoms. The number of hydrogen-bond acceptors (Lipinski definition) is 4. The lowest BCUT2D eigenvalue weighted by atomic mass is 10.1. The van der Waals surface area contributed by atoms with Crippen molar-refractivity contribution in [3.63, 3.8) is 0 Å². The molecular weight excluding hydrogens is 258 g/mol. The van der Waals surface area contributed by atoms with E-state index in [1.165, 1.54) is 4.90 Å². The van der Waals surface area contributed by atoms with E-state index >= 15 is 0 Å². The van der Waals surface area contributed by atoms with Gasteiger partial charge in [0, 0.05) is 28.5 Å². The zero-order valence-corrected chi connectivity index (χ0v) is 11.8. The monoisotopic (exact) mass is 273 g/mol. The van der Waals surface area contributed by atoms with Crippen LogP contribution in [0.15, 0.2) is 22.0 Å². The predicted octanol–water partition coefficient (Wildman–Crippen LogP) is 3.04. The van der Waals surface area contributed by atoms with Gasteiger partial charge in [-0.3, -0.25) is 4.99 Å². The first-order valence-corrected chi connectivity index (χ1v) is 6.15. The van der Waals surface area contributed by atoms with Crippen LogP contribution in [0.25, 0.3) is 0 Å². The lowest BCUT2D eigenvalue weighted by molar-refractivity contribution is 0.354. The molecule has 94 valence electrons. The number of halogens is 1. The van der Waals surface area contributed by atoms with Crippen LogP contribution in [-0.2, 0) is 0 Å². The molecule has 1 aromatic rings. The molecular formula is C12H16ClNO2S. The third-order valence-corrected chi connectivity index (χ3v) is 3.61. The standard InChI is InChI=1S/C12H15NO2S.ClH/c1-8-9-6-10(14-2)11(15-3)7-12(9)16-5-4-13-8;/h6-7H,4-5H2,1-3H3;1H. The van der Waals surface area contributed by atoms with Crippen molar-refractivity contribution in [2.45, 2.75) is 11.8 Å². The Bertz CT molecular complexity index is 435. The summed E-state index contributed by atoms with van der Waals surface area (Å²) in [4.78, 5) is 5.71. The molecule has 1 heterocycles. The molecule has 3 nitrogen and oxygen atoms in total. The van der Waals surface area contributed by atoms with Crippen molar-refractivity contribution < 1.29 is 9.47 Å². The molecule has 0 N–H and O–H groups in total. The van der Waals surface area contributed by atoms with Gasteiger partial charge in [0.15, 0.2) is 11.5 Å². The van der Waals surface area contributed by atoms with Gasteiger partial charge in [-0.15, -0.1) is 24.2 Å². The fourth-order valence-corrected chi connectivity index (χ4v) is 2.67. The van der Waals surface area contributed by atoms with Crippen molar-refractivity contribution >= 4 is 29.9 Å². The van der Waals surface area contributed by atoms with Crippen LogP contribution in [0.3, 0.4) is 0 Å². The van der Waals surface area contributed by atoms with E-state index in [1.54, 1.807) is 14.2 Å². The summed E-state index contributed by atoms with van der Waals surface area (Å²) < 4.78 is 10.6. The van der Waals surface area contributed by atoms with Crippen LogP contribution >= 0.6 is 24.2 Å². The molecule has 17 heavy (non-hydrogen) atoms. The Kier molecular flexibility index (Phi) is 5.15. The summed E-state index contributed by atoms with van der Waals surface area (Å²) in [5, 5.41) is 0. The van der Waals surface area contributed by atoms with Gasteiger partial charge < -0.3 is 9.47 Å². The number of fused-ring (bicyclic) bond motifs is 1. The molecule has 0 atom stereocenters. The summed E-state index contributed by atoms with van der Waals surface area (Å²) in [5.74, 6) is 2.56. The van der Waals surface area contributed by atoms with Gasteiger partial charge in [-0.2, -0.15) is 0 Å². The minimum absolute atomic E-state index is 0. The van der Waals surface area contributed by atoms with E-state index in [2.05, 4.69) is 4.99 Å². The minimum Gasteiger partial charge on any atom is -0.493 e. The minimum atomic E-state index is 0. The second-order valence-corrected chi connectivity index (χ2v) is 4.66. The number of ether oxygens (including phenoxy) is 2. The van der Waals surface area contributed by atoms with E-state index in [-0.39, 0.29) is 12.4 Å². The zero-order valence-electron chi connectivity index (χ0n) is 10.1. The second kappa shape index (κ2) is 6.17. The Morgan fingerprint density at radius 3 is 2.47 bits per heavy atom. The normalized spacial score (nSPS) is 13.9. The first-order chi connectivity index (χ1) is 7.76. The Morgan fingerprint density at radius 2 is 1.82 bits per heavy atom. The highest BCUT2D eigenvalue weighted by atomic mass is 35.5. The first-order valence-electron chi connectivity index (χ1n) is 5.16. The molecule has 0 fully saturated rings. The average Bonchev–Trinajstić information content (AvgIpc) is 2.49. The SMILES string of the molecule is COc1cc2c(cc1OC)C(C)=NCCS2.Cl. The third-order valence-electron chi connectivity index (χ3n) is 2.57. The van der Waals surface area contributed by atoms with Gasteiger partial charge in [-0.05, 0) is 19.1 Å². The highest BCUT2D eigenvalue weighted by molar-refractivity contribution is 7.99. The van der Waals surface area contributed by atoms with E-state index in [0.717, 1.165) is 35.1 Å². The maximum atomic E-state index is 5.30. The molecule has 5 heteroatoms. The molecule has 0 aromatic heterocycles. The first kappa shape index (κ1) is 14.2. The molecule has 0 amide bonds. The maximum absolute atomic E-state index is 5.30. The molecule has 0 unspecified atom stereocenters. The number of rotatable bonds is 2. The van der Waals surface area contributed by atoms with Crippen LogP contribution in [0.2, 0.25) is 0 Å². The number of nitrogens with zero attached hydrogens (tertiary/aromatic N) is 1. The average molecular weight is 274 g/mol. The van der Waals surface area contributed by atoms with E-state index in [1.807, 2.05) is 30.8 Å². The van der Waals surface area contributed by atoms with Crippen molar-refractivity contribution in [3.05, 3.63) is 17.7 Å². The van der Waals surface area contributed by atoms with Gasteiger partial charge in [0.1, 0.15) is 0 Å². The summed E-state index contributed by atoms with van der Waals surface area (Å²) in [7, 11) is 3.31. The Morgan fingerprint density at radius 1 is 1.18 bits per heavy atom. The van der Waals surface area contributed by atoms with Gasteiger partial charge in [0.05, 0.1) is 14.2 Å². The Balaban J connectivity index is 0.00000144. The van der Waals surface area contributed by atoms with Crippen LogP contribution in [0.5, 0.6) is 11.5 Å². The lowest BCUT2D eigenvalue weighted by Gasteiger charge is -2.12. The number of hydrogen-bond donors (Lipinski definition) is 0. The van der Waals surface area contributed by atoms with Crippen LogP contribution in [0.4, 0.5) is 0 Å². The van der Waals surface area contributed by atoms with Gasteiger partial charge >= 0.3 is 0 Å². The molecule has 0 aliphatic carbocycles. The van der Waals surface area contributed by atoms with E-state index in [0.29, 0.717) is 0 Å². The third kappa shape index (κ3) is 2.87. The van der Waals surface area contributed by atoms with Crippen LogP contribution in [0.1, 0.15) is 12.5 Å². The van der Waals surface area contributed by atoms with Crippen LogP contribution in [-0.4, -0.2) is 32.2 Å². The molecule has 0 saturated heterocycles. The zero-order chi connectivity index (χ0) is 11.5. The van der Waals surface area contributed by atoms with Crippen molar-refractivity contribution in [2.24, 2.45) is 4.99 Å². The lowest BCUT2D eigenvalue weighted by Crippen LogP contribution is -1.99. The summed E-state index contributed by atoms with van der Waals surface area (Å²) >= 11 is 1.81. The predicted molar refractivity (Wildman–Crippen MR) is 74.6 cm³/mol. The largest absolute Gasteiger partial charge is 0.493 e. The summed E-state index contributed by atoms with van der Waals surface area (Å²) in [6.07, 6.45) is 0. The number of aliphatic imine (C=N–C) groups is 1. The Hall–Kier alpha value is -0.870. The summed E-state index contributed by atoms with van der Waals surface area (Å²) in [6, 6.07) is 4.04.